The van der Waals surface area contributed by atoms with Crippen LogP contribution in [0.3, 0.4) is 0 Å². The van der Waals surface area contributed by atoms with Gasteiger partial charge in [-0.15, -0.1) is 11.8 Å². The van der Waals surface area contributed by atoms with E-state index in [1.165, 1.54) is 23.6 Å². The lowest BCUT2D eigenvalue weighted by atomic mass is 9.98. The minimum Gasteiger partial charge on any atom is -0.480 e. The highest BCUT2D eigenvalue weighted by Crippen LogP contribution is 2.44. The average Bonchev–Trinajstić information content (AvgIpc) is 3.35. The van der Waals surface area contributed by atoms with Crippen LogP contribution >= 0.6 is 11.8 Å². The first-order chi connectivity index (χ1) is 14.5. The Morgan fingerprint density at radius 1 is 1.13 bits per heavy atom. The van der Waals surface area contributed by atoms with Crippen LogP contribution in [0, 0.1) is 0 Å². The fraction of sp³-hybridized carbons (Fsp3) is 0.318. The summed E-state index contributed by atoms with van der Waals surface area (Å²) in [4.78, 5) is 37.5. The summed E-state index contributed by atoms with van der Waals surface area (Å²) >= 11 is 1.38. The number of nitrogens with one attached hydrogen (secondary N) is 1. The van der Waals surface area contributed by atoms with Gasteiger partial charge in [0.25, 0.3) is 0 Å². The maximum absolute atomic E-state index is 12.6. The monoisotopic (exact) mass is 426 g/mol. The van der Waals surface area contributed by atoms with Gasteiger partial charge < -0.3 is 20.1 Å². The number of rotatable bonds is 5. The van der Waals surface area contributed by atoms with Crippen LogP contribution in [0.1, 0.15) is 24.0 Å². The number of alkyl carbamates (subject to hydrolysis) is 1. The van der Waals surface area contributed by atoms with Gasteiger partial charge in [0, 0.05) is 11.7 Å². The lowest BCUT2D eigenvalue weighted by Crippen LogP contribution is -2.51. The van der Waals surface area contributed by atoms with Gasteiger partial charge in [0.15, 0.2) is 0 Å². The van der Waals surface area contributed by atoms with Crippen molar-refractivity contribution in [3.05, 3.63) is 59.7 Å². The third kappa shape index (κ3) is 3.75. The number of benzene rings is 2. The Hall–Kier alpha value is -3.00. The van der Waals surface area contributed by atoms with Crippen LogP contribution in [0.4, 0.5) is 4.79 Å². The lowest BCUT2D eigenvalue weighted by Gasteiger charge is -2.24. The first-order valence-corrected chi connectivity index (χ1v) is 10.9. The van der Waals surface area contributed by atoms with Crippen molar-refractivity contribution in [1.29, 1.82) is 0 Å². The highest BCUT2D eigenvalue weighted by molar-refractivity contribution is 7.99. The predicted molar refractivity (Wildman–Crippen MR) is 113 cm³/mol. The molecule has 2 N–H and O–H groups in total. The molecule has 0 radical (unpaired) electrons. The number of ether oxygens (including phenoxy) is 1. The van der Waals surface area contributed by atoms with Crippen LogP contribution in [0.15, 0.2) is 48.5 Å². The molecule has 1 unspecified atom stereocenters. The van der Waals surface area contributed by atoms with Crippen molar-refractivity contribution in [3.8, 4) is 11.1 Å². The SMILES string of the molecule is CC(NC(=O)OCC1c2ccccc2-c2ccccc21)C(=O)N1CSC[C@H]1C(=O)O. The van der Waals surface area contributed by atoms with E-state index in [1.54, 1.807) is 0 Å². The molecule has 0 bridgehead atoms. The Morgan fingerprint density at radius 3 is 2.33 bits per heavy atom. The topological polar surface area (TPSA) is 95.9 Å². The second-order valence-electron chi connectivity index (χ2n) is 7.35. The standard InChI is InChI=1S/C22H22N2O5S/c1-13(20(25)24-12-30-11-19(24)21(26)27)23-22(28)29-10-18-16-8-4-2-6-14(16)15-7-3-5-9-17(15)18/h2-9,13,18-19H,10-12H2,1H3,(H,23,28)(H,26,27)/t13?,19-/m0/s1. The summed E-state index contributed by atoms with van der Waals surface area (Å²) in [7, 11) is 0. The van der Waals surface area contributed by atoms with E-state index in [0.29, 0.717) is 11.6 Å². The molecule has 156 valence electrons. The number of carbonyl (C=O) groups is 3. The largest absolute Gasteiger partial charge is 0.480 e. The lowest BCUT2D eigenvalue weighted by molar-refractivity contribution is -0.148. The molecule has 1 heterocycles. The number of hydrogen-bond acceptors (Lipinski definition) is 5. The van der Waals surface area contributed by atoms with Gasteiger partial charge in [-0.25, -0.2) is 9.59 Å². The van der Waals surface area contributed by atoms with Gasteiger partial charge in [0.1, 0.15) is 18.7 Å². The molecule has 0 saturated carbocycles. The zero-order chi connectivity index (χ0) is 21.3. The Labute approximate surface area is 178 Å². The van der Waals surface area contributed by atoms with Gasteiger partial charge in [-0.05, 0) is 29.2 Å². The summed E-state index contributed by atoms with van der Waals surface area (Å²) in [6.07, 6.45) is -0.698. The van der Waals surface area contributed by atoms with Gasteiger partial charge in [-0.3, -0.25) is 4.79 Å². The summed E-state index contributed by atoms with van der Waals surface area (Å²) in [5.74, 6) is -0.895. The number of carboxylic acid groups (broad SMARTS) is 1. The molecule has 1 fully saturated rings. The van der Waals surface area contributed by atoms with E-state index in [1.807, 2.05) is 36.4 Å². The van der Waals surface area contributed by atoms with Crippen LogP contribution < -0.4 is 5.32 Å². The molecule has 4 rings (SSSR count). The van der Waals surface area contributed by atoms with Crippen LogP contribution in [-0.2, 0) is 14.3 Å². The molecule has 1 aliphatic heterocycles. The number of fused-ring (bicyclic) bond motifs is 3. The fourth-order valence-electron chi connectivity index (χ4n) is 3.99. The van der Waals surface area contributed by atoms with Crippen molar-refractivity contribution in [2.45, 2.75) is 24.9 Å². The summed E-state index contributed by atoms with van der Waals surface area (Å²) < 4.78 is 5.46. The highest BCUT2D eigenvalue weighted by Gasteiger charge is 2.37. The van der Waals surface area contributed by atoms with Crippen LogP contribution in [0.5, 0.6) is 0 Å². The molecule has 2 aromatic carbocycles. The number of aliphatic carboxylic acids is 1. The van der Waals surface area contributed by atoms with Gasteiger partial charge in [0.05, 0.1) is 5.88 Å². The van der Waals surface area contributed by atoms with Crippen molar-refractivity contribution in [2.75, 3.05) is 18.2 Å². The number of hydrogen-bond donors (Lipinski definition) is 2. The maximum atomic E-state index is 12.6. The molecular weight excluding hydrogens is 404 g/mol. The molecule has 2 atom stereocenters. The third-order valence-corrected chi connectivity index (χ3v) is 6.51. The Kier molecular flexibility index (Phi) is 5.67. The first kappa shape index (κ1) is 20.3. The molecule has 0 aromatic heterocycles. The Balaban J connectivity index is 1.38. The second kappa shape index (κ2) is 8.39. The summed E-state index contributed by atoms with van der Waals surface area (Å²) in [5, 5.41) is 11.8. The van der Waals surface area contributed by atoms with Crippen molar-refractivity contribution < 1.29 is 24.2 Å². The fourth-order valence-corrected chi connectivity index (χ4v) is 5.15. The van der Waals surface area contributed by atoms with Gasteiger partial charge in [-0.2, -0.15) is 0 Å². The van der Waals surface area contributed by atoms with Crippen LogP contribution in [0.25, 0.3) is 11.1 Å². The number of amides is 2. The van der Waals surface area contributed by atoms with Crippen molar-refractivity contribution in [1.82, 2.24) is 10.2 Å². The molecule has 2 aromatic rings. The summed E-state index contributed by atoms with van der Waals surface area (Å²) in [6, 6.07) is 14.3. The molecule has 8 heteroatoms. The van der Waals surface area contributed by atoms with E-state index < -0.39 is 30.1 Å². The molecule has 2 aliphatic rings. The highest BCUT2D eigenvalue weighted by atomic mass is 32.2. The number of nitrogens with zero attached hydrogens (tertiary/aromatic N) is 1. The Morgan fingerprint density at radius 2 is 1.73 bits per heavy atom. The van der Waals surface area contributed by atoms with Crippen LogP contribution in [0.2, 0.25) is 0 Å². The summed E-state index contributed by atoms with van der Waals surface area (Å²) in [5.41, 5.74) is 4.48. The average molecular weight is 426 g/mol. The van der Waals surface area contributed by atoms with Crippen molar-refractivity contribution in [2.24, 2.45) is 0 Å². The zero-order valence-electron chi connectivity index (χ0n) is 16.4. The van der Waals surface area contributed by atoms with Crippen molar-refractivity contribution in [3.63, 3.8) is 0 Å². The smallest absolute Gasteiger partial charge is 0.407 e. The van der Waals surface area contributed by atoms with E-state index in [0.717, 1.165) is 22.3 Å². The van der Waals surface area contributed by atoms with E-state index in [4.69, 9.17) is 4.74 Å². The first-order valence-electron chi connectivity index (χ1n) is 9.70. The Bertz CT molecular complexity index is 949. The predicted octanol–water partition coefficient (Wildman–Crippen LogP) is 2.90. The molecule has 2 amide bonds. The molecule has 7 nitrogen and oxygen atoms in total. The molecule has 1 aliphatic carbocycles. The molecule has 1 saturated heterocycles. The number of thioether (sulfide) groups is 1. The maximum Gasteiger partial charge on any atom is 0.407 e. The molecule has 0 spiro atoms. The van der Waals surface area contributed by atoms with Gasteiger partial charge in [-0.1, -0.05) is 48.5 Å². The number of carboxylic acids is 1. The van der Waals surface area contributed by atoms with E-state index >= 15 is 0 Å². The minimum absolute atomic E-state index is 0.0690. The third-order valence-electron chi connectivity index (χ3n) is 5.50. The van der Waals surface area contributed by atoms with Crippen LogP contribution in [-0.4, -0.2) is 58.3 Å². The van der Waals surface area contributed by atoms with E-state index in [9.17, 15) is 19.5 Å². The zero-order valence-corrected chi connectivity index (χ0v) is 17.2. The van der Waals surface area contributed by atoms with E-state index in [2.05, 4.69) is 17.4 Å². The van der Waals surface area contributed by atoms with Gasteiger partial charge >= 0.3 is 12.1 Å². The molecular formula is C22H22N2O5S. The van der Waals surface area contributed by atoms with Gasteiger partial charge in [0.2, 0.25) is 5.91 Å². The molecule has 30 heavy (non-hydrogen) atoms. The minimum atomic E-state index is -1.04. The van der Waals surface area contributed by atoms with E-state index in [-0.39, 0.29) is 12.5 Å². The second-order valence-corrected chi connectivity index (χ2v) is 8.35. The summed E-state index contributed by atoms with van der Waals surface area (Å²) in [6.45, 7) is 1.68. The number of carbonyl (C=O) groups excluding carboxylic acids is 2. The normalized spacial score (nSPS) is 18.4. The quantitative estimate of drug-likeness (QED) is 0.763. The van der Waals surface area contributed by atoms with Crippen molar-refractivity contribution >= 4 is 29.7 Å².